The van der Waals surface area contributed by atoms with Gasteiger partial charge in [-0.15, -0.1) is 0 Å². The molecule has 190 valence electrons. The highest BCUT2D eigenvalue weighted by Crippen LogP contribution is 2.71. The van der Waals surface area contributed by atoms with Gasteiger partial charge < -0.3 is 20.1 Å². The van der Waals surface area contributed by atoms with Crippen LogP contribution in [0.3, 0.4) is 0 Å². The molecule has 0 aromatic heterocycles. The number of hydrogen-bond acceptors (Lipinski definition) is 6. The van der Waals surface area contributed by atoms with Crippen molar-refractivity contribution in [2.75, 3.05) is 6.61 Å². The Hall–Kier alpha value is -1.50. The Kier molecular flexibility index (Phi) is 6.67. The second-order valence-electron chi connectivity index (χ2n) is 11.9. The third-order valence-electron chi connectivity index (χ3n) is 9.63. The highest BCUT2D eigenvalue weighted by molar-refractivity contribution is 5.95. The molecule has 0 heterocycles. The van der Waals surface area contributed by atoms with Crippen molar-refractivity contribution in [2.24, 2.45) is 34.5 Å². The third kappa shape index (κ3) is 3.47. The summed E-state index contributed by atoms with van der Waals surface area (Å²) in [6.45, 7) is 9.74. The first-order valence-corrected chi connectivity index (χ1v) is 13.1. The number of carbonyl (C=O) groups excluding carboxylic acids is 2. The summed E-state index contributed by atoms with van der Waals surface area (Å²) >= 11 is 0. The molecular formula is C28H42O6. The summed E-state index contributed by atoms with van der Waals surface area (Å²) in [4.78, 5) is 27.1. The number of ether oxygens (including phenoxy) is 1. The molecule has 0 aromatic carbocycles. The maximum atomic E-state index is 14.3. The second kappa shape index (κ2) is 8.86. The van der Waals surface area contributed by atoms with Crippen molar-refractivity contribution < 1.29 is 29.6 Å². The lowest BCUT2D eigenvalue weighted by molar-refractivity contribution is -0.203. The van der Waals surface area contributed by atoms with Crippen molar-refractivity contribution in [3.63, 3.8) is 0 Å². The highest BCUT2D eigenvalue weighted by atomic mass is 16.6. The fourth-order valence-corrected chi connectivity index (χ4v) is 7.66. The van der Waals surface area contributed by atoms with Crippen LogP contribution < -0.4 is 0 Å². The maximum absolute atomic E-state index is 14.3. The minimum absolute atomic E-state index is 0.0122. The van der Waals surface area contributed by atoms with Crippen LogP contribution in [0.2, 0.25) is 0 Å². The van der Waals surface area contributed by atoms with Crippen LogP contribution in [0.15, 0.2) is 23.3 Å². The first-order chi connectivity index (χ1) is 16.0. The van der Waals surface area contributed by atoms with E-state index >= 15 is 0 Å². The number of unbranched alkanes of at least 4 members (excludes halogenated alkanes) is 4. The van der Waals surface area contributed by atoms with Gasteiger partial charge in [-0.2, -0.15) is 0 Å². The van der Waals surface area contributed by atoms with Crippen LogP contribution in [0.1, 0.15) is 79.6 Å². The molecule has 0 amide bonds. The minimum atomic E-state index is -2.05. The van der Waals surface area contributed by atoms with E-state index in [1.165, 1.54) is 0 Å². The zero-order chi connectivity index (χ0) is 25.1. The number of hydrogen-bond donors (Lipinski definition) is 3. The Balaban J connectivity index is 1.69. The number of allylic oxidation sites excluding steroid dienone is 1. The van der Waals surface area contributed by atoms with Gasteiger partial charge in [0.1, 0.15) is 6.10 Å². The van der Waals surface area contributed by atoms with Crippen LogP contribution in [0.4, 0.5) is 0 Å². The van der Waals surface area contributed by atoms with Gasteiger partial charge in [0.15, 0.2) is 17.5 Å². The van der Waals surface area contributed by atoms with Gasteiger partial charge in [-0.3, -0.25) is 9.59 Å². The molecule has 0 aromatic rings. The lowest BCUT2D eigenvalue weighted by Crippen LogP contribution is -2.65. The summed E-state index contributed by atoms with van der Waals surface area (Å²) in [5.41, 5.74) is -2.60. The number of aliphatic hydroxyl groups is 3. The molecule has 0 unspecified atom stereocenters. The summed E-state index contributed by atoms with van der Waals surface area (Å²) in [5.74, 6) is -0.868. The van der Waals surface area contributed by atoms with Crippen molar-refractivity contribution in [1.82, 2.24) is 0 Å². The maximum Gasteiger partial charge on any atom is 0.306 e. The van der Waals surface area contributed by atoms with E-state index in [-0.39, 0.29) is 35.0 Å². The van der Waals surface area contributed by atoms with Crippen LogP contribution in [-0.2, 0) is 14.3 Å². The fraction of sp³-hybridized carbons (Fsp3) is 0.786. The molecular weight excluding hydrogens is 432 g/mol. The number of rotatable bonds is 8. The van der Waals surface area contributed by atoms with Crippen LogP contribution in [0.25, 0.3) is 0 Å². The molecule has 2 fully saturated rings. The molecule has 4 rings (SSSR count). The zero-order valence-corrected chi connectivity index (χ0v) is 21.3. The van der Waals surface area contributed by atoms with E-state index in [9.17, 15) is 24.9 Å². The van der Waals surface area contributed by atoms with Crippen LogP contribution >= 0.6 is 0 Å². The van der Waals surface area contributed by atoms with E-state index in [0.29, 0.717) is 17.9 Å². The number of carbonyl (C=O) groups is 2. The molecule has 0 saturated heterocycles. The molecule has 0 aliphatic heterocycles. The molecule has 4 aliphatic carbocycles. The summed E-state index contributed by atoms with van der Waals surface area (Å²) < 4.78 is 5.85. The van der Waals surface area contributed by atoms with Gasteiger partial charge in [-0.1, -0.05) is 65.5 Å². The first kappa shape index (κ1) is 25.6. The van der Waals surface area contributed by atoms with Gasteiger partial charge in [-0.25, -0.2) is 0 Å². The molecule has 1 spiro atoms. The number of ketones is 1. The van der Waals surface area contributed by atoms with Gasteiger partial charge in [0.25, 0.3) is 0 Å². The van der Waals surface area contributed by atoms with E-state index in [0.717, 1.165) is 32.1 Å². The van der Waals surface area contributed by atoms with Crippen molar-refractivity contribution in [3.05, 3.63) is 23.3 Å². The molecule has 8 atom stereocenters. The summed E-state index contributed by atoms with van der Waals surface area (Å²) in [7, 11) is 0. The van der Waals surface area contributed by atoms with Crippen molar-refractivity contribution in [2.45, 2.75) is 97.4 Å². The average Bonchev–Trinajstić information content (AvgIpc) is 3.27. The van der Waals surface area contributed by atoms with Crippen molar-refractivity contribution in [1.29, 1.82) is 0 Å². The minimum Gasteiger partial charge on any atom is -0.455 e. The van der Waals surface area contributed by atoms with E-state index in [2.05, 4.69) is 20.8 Å². The SMILES string of the molecule is CCCCCCCC(=O)O[C@H]1C(C)=C[C@]23C(=O)[C@@H](C=C(CO)[C@@H](O)[C@]12O)[C@H]1[C@@H](C[C@H]3C)C1(C)C. The Morgan fingerprint density at radius 3 is 2.53 bits per heavy atom. The summed E-state index contributed by atoms with van der Waals surface area (Å²) in [6, 6.07) is 0. The Bertz CT molecular complexity index is 903. The lowest BCUT2D eigenvalue weighted by Gasteiger charge is -2.48. The predicted molar refractivity (Wildman–Crippen MR) is 129 cm³/mol. The number of fused-ring (bicyclic) bond motifs is 3. The lowest BCUT2D eigenvalue weighted by atomic mass is 9.59. The number of Topliss-reactive ketones (excluding diaryl/α,β-unsaturated/α-hetero) is 1. The van der Waals surface area contributed by atoms with Crippen LogP contribution in [-0.4, -0.2) is 51.5 Å². The predicted octanol–water partition coefficient (Wildman–Crippen LogP) is 3.73. The molecule has 2 bridgehead atoms. The van der Waals surface area contributed by atoms with Crippen LogP contribution in [0.5, 0.6) is 0 Å². The molecule has 4 aliphatic rings. The quantitative estimate of drug-likeness (QED) is 0.281. The number of esters is 1. The summed E-state index contributed by atoms with van der Waals surface area (Å²) in [6.07, 6.45) is 6.78. The Morgan fingerprint density at radius 1 is 1.21 bits per heavy atom. The van der Waals surface area contributed by atoms with E-state index in [1.807, 2.05) is 6.92 Å². The summed E-state index contributed by atoms with van der Waals surface area (Å²) in [5, 5.41) is 34.0. The molecule has 6 nitrogen and oxygen atoms in total. The molecule has 0 radical (unpaired) electrons. The largest absolute Gasteiger partial charge is 0.455 e. The highest BCUT2D eigenvalue weighted by Gasteiger charge is 2.76. The van der Waals surface area contributed by atoms with Gasteiger partial charge in [0, 0.05) is 12.3 Å². The molecule has 34 heavy (non-hydrogen) atoms. The topological polar surface area (TPSA) is 104 Å². The van der Waals surface area contributed by atoms with Gasteiger partial charge >= 0.3 is 5.97 Å². The van der Waals surface area contributed by atoms with Gasteiger partial charge in [0.05, 0.1) is 12.0 Å². The first-order valence-electron chi connectivity index (χ1n) is 13.1. The molecule has 6 heteroatoms. The Labute approximate surface area is 203 Å². The normalized spacial score (nSPS) is 42.1. The van der Waals surface area contributed by atoms with Crippen molar-refractivity contribution in [3.8, 4) is 0 Å². The third-order valence-corrected chi connectivity index (χ3v) is 9.63. The van der Waals surface area contributed by atoms with E-state index in [4.69, 9.17) is 4.74 Å². The standard InChI is InChI=1S/C28H42O6/c1-6-7-8-9-10-11-21(30)34-25-16(2)14-27-17(3)12-20-22(26(20,4)5)19(24(27)32)13-18(15-29)23(31)28(25,27)33/h13-14,17,19-20,22-23,25,29,31,33H,6-12,15H2,1-5H3/t17-,19+,20-,22+,23-,25+,27+,28+/m1/s1. The number of aliphatic hydroxyl groups excluding tert-OH is 2. The smallest absolute Gasteiger partial charge is 0.306 e. The molecule has 2 saturated carbocycles. The Morgan fingerprint density at radius 2 is 1.88 bits per heavy atom. The van der Waals surface area contributed by atoms with Crippen LogP contribution in [0, 0.1) is 34.5 Å². The average molecular weight is 475 g/mol. The van der Waals surface area contributed by atoms with Crippen molar-refractivity contribution >= 4 is 11.8 Å². The fourth-order valence-electron chi connectivity index (χ4n) is 7.66. The second-order valence-corrected chi connectivity index (χ2v) is 11.9. The van der Waals surface area contributed by atoms with E-state index in [1.54, 1.807) is 19.1 Å². The monoisotopic (exact) mass is 474 g/mol. The zero-order valence-electron chi connectivity index (χ0n) is 21.3. The van der Waals surface area contributed by atoms with E-state index < -0.39 is 41.7 Å². The van der Waals surface area contributed by atoms with Gasteiger partial charge in [0.2, 0.25) is 0 Å². The molecule has 3 N–H and O–H groups in total. The van der Waals surface area contributed by atoms with Gasteiger partial charge in [-0.05, 0) is 54.1 Å².